The van der Waals surface area contributed by atoms with Crippen LogP contribution in [0, 0.1) is 0 Å². The lowest BCUT2D eigenvalue weighted by atomic mass is 10.0. The molecule has 2 heterocycles. The van der Waals surface area contributed by atoms with Crippen molar-refractivity contribution in [3.8, 4) is 0 Å². The van der Waals surface area contributed by atoms with Crippen LogP contribution in [0.3, 0.4) is 0 Å². The second-order valence-electron chi connectivity index (χ2n) is 7.11. The SMILES string of the molecule is O=C1CN(Cc2ccccc2)[C@@H]2CS(=O)(=O)C[C@@H]2N1Cc1ccccc1. The van der Waals surface area contributed by atoms with E-state index in [-0.39, 0.29) is 36.0 Å². The fourth-order valence-electron chi connectivity index (χ4n) is 4.00. The van der Waals surface area contributed by atoms with Crippen LogP contribution in [0.4, 0.5) is 0 Å². The number of carbonyl (C=O) groups excluding carboxylic acids is 1. The molecule has 0 saturated carbocycles. The van der Waals surface area contributed by atoms with Gasteiger partial charge in [-0.1, -0.05) is 60.7 Å². The third kappa shape index (κ3) is 3.52. The lowest BCUT2D eigenvalue weighted by molar-refractivity contribution is -0.142. The van der Waals surface area contributed by atoms with E-state index in [9.17, 15) is 13.2 Å². The first kappa shape index (κ1) is 17.2. The molecule has 2 saturated heterocycles. The Labute approximate surface area is 154 Å². The van der Waals surface area contributed by atoms with Crippen LogP contribution in [0.15, 0.2) is 60.7 Å². The van der Waals surface area contributed by atoms with Gasteiger partial charge in [0.05, 0.1) is 24.1 Å². The third-order valence-electron chi connectivity index (χ3n) is 5.25. The Hall–Kier alpha value is -2.18. The number of hydrogen-bond donors (Lipinski definition) is 0. The van der Waals surface area contributed by atoms with Crippen LogP contribution in [0.1, 0.15) is 11.1 Å². The van der Waals surface area contributed by atoms with Gasteiger partial charge in [0.2, 0.25) is 5.91 Å². The fraction of sp³-hybridized carbons (Fsp3) is 0.350. The molecule has 2 atom stereocenters. The molecule has 2 aromatic carbocycles. The number of piperazine rings is 1. The van der Waals surface area contributed by atoms with Crippen LogP contribution in [0.25, 0.3) is 0 Å². The molecule has 0 spiro atoms. The van der Waals surface area contributed by atoms with Crippen molar-refractivity contribution in [2.24, 2.45) is 0 Å². The predicted molar refractivity (Wildman–Crippen MR) is 100 cm³/mol. The smallest absolute Gasteiger partial charge is 0.237 e. The van der Waals surface area contributed by atoms with Gasteiger partial charge in [-0.25, -0.2) is 8.42 Å². The summed E-state index contributed by atoms with van der Waals surface area (Å²) < 4.78 is 24.7. The largest absolute Gasteiger partial charge is 0.332 e. The highest BCUT2D eigenvalue weighted by molar-refractivity contribution is 7.91. The number of carbonyl (C=O) groups is 1. The van der Waals surface area contributed by atoms with Crippen LogP contribution < -0.4 is 0 Å². The summed E-state index contributed by atoms with van der Waals surface area (Å²) in [5, 5.41) is 0. The quantitative estimate of drug-likeness (QED) is 0.822. The van der Waals surface area contributed by atoms with Crippen molar-refractivity contribution in [1.82, 2.24) is 9.80 Å². The van der Waals surface area contributed by atoms with Crippen LogP contribution in [-0.2, 0) is 27.7 Å². The predicted octanol–water partition coefficient (Wildman–Crippen LogP) is 1.70. The fourth-order valence-corrected chi connectivity index (χ4v) is 6.01. The Morgan fingerprint density at radius 3 is 1.96 bits per heavy atom. The molecule has 0 N–H and O–H groups in total. The summed E-state index contributed by atoms with van der Waals surface area (Å²) in [6.07, 6.45) is 0. The van der Waals surface area contributed by atoms with Gasteiger partial charge in [0.25, 0.3) is 0 Å². The number of rotatable bonds is 4. The molecule has 26 heavy (non-hydrogen) atoms. The standard InChI is InChI=1S/C20H22N2O3S/c23-20-13-21(11-16-7-3-1-4-8-16)18-14-26(24,25)15-19(18)22(20)12-17-9-5-2-6-10-17/h1-10,18-19H,11-15H2/t18-,19+/m1/s1. The molecule has 1 amide bonds. The van der Waals surface area contributed by atoms with E-state index >= 15 is 0 Å². The molecule has 0 radical (unpaired) electrons. The molecule has 2 aromatic rings. The Morgan fingerprint density at radius 1 is 0.808 bits per heavy atom. The van der Waals surface area contributed by atoms with Crippen LogP contribution in [0.5, 0.6) is 0 Å². The maximum atomic E-state index is 12.8. The Morgan fingerprint density at radius 2 is 1.35 bits per heavy atom. The first-order valence-corrected chi connectivity index (χ1v) is 10.7. The van der Waals surface area contributed by atoms with Crippen LogP contribution in [0.2, 0.25) is 0 Å². The first-order valence-electron chi connectivity index (χ1n) is 8.84. The molecular formula is C20H22N2O3S. The van der Waals surface area contributed by atoms with Crippen molar-refractivity contribution in [2.45, 2.75) is 25.2 Å². The summed E-state index contributed by atoms with van der Waals surface area (Å²) in [6.45, 7) is 1.33. The summed E-state index contributed by atoms with van der Waals surface area (Å²) >= 11 is 0. The molecule has 136 valence electrons. The highest BCUT2D eigenvalue weighted by Crippen LogP contribution is 2.30. The Bertz CT molecular complexity index is 884. The van der Waals surface area contributed by atoms with E-state index in [2.05, 4.69) is 0 Å². The molecule has 0 bridgehead atoms. The van der Waals surface area contributed by atoms with E-state index in [1.807, 2.05) is 65.6 Å². The number of fused-ring (bicyclic) bond motifs is 1. The van der Waals surface area contributed by atoms with Gasteiger partial charge in [-0.05, 0) is 11.1 Å². The molecule has 0 unspecified atom stereocenters. The van der Waals surface area contributed by atoms with Gasteiger partial charge in [0, 0.05) is 19.1 Å². The average Bonchev–Trinajstić information content (AvgIpc) is 2.96. The van der Waals surface area contributed by atoms with Gasteiger partial charge in [-0.15, -0.1) is 0 Å². The zero-order valence-electron chi connectivity index (χ0n) is 14.5. The summed E-state index contributed by atoms with van der Waals surface area (Å²) in [7, 11) is -3.14. The van der Waals surface area contributed by atoms with Crippen LogP contribution >= 0.6 is 0 Å². The lowest BCUT2D eigenvalue weighted by Gasteiger charge is -2.43. The summed E-state index contributed by atoms with van der Waals surface area (Å²) in [6, 6.07) is 19.3. The average molecular weight is 370 g/mol. The van der Waals surface area contributed by atoms with E-state index in [4.69, 9.17) is 0 Å². The molecule has 4 rings (SSSR count). The molecule has 2 aliphatic heterocycles. The number of hydrogen-bond acceptors (Lipinski definition) is 4. The highest BCUT2D eigenvalue weighted by Gasteiger charge is 2.49. The lowest BCUT2D eigenvalue weighted by Crippen LogP contribution is -2.60. The topological polar surface area (TPSA) is 57.7 Å². The van der Waals surface area contributed by atoms with E-state index in [1.165, 1.54) is 0 Å². The molecule has 0 aromatic heterocycles. The van der Waals surface area contributed by atoms with Gasteiger partial charge in [0.15, 0.2) is 9.84 Å². The Balaban J connectivity index is 1.60. The molecule has 2 aliphatic rings. The summed E-state index contributed by atoms with van der Waals surface area (Å²) in [5.74, 6) is 0.188. The number of benzene rings is 2. The number of amides is 1. The van der Waals surface area contributed by atoms with Gasteiger partial charge in [-0.3, -0.25) is 9.69 Å². The number of nitrogens with zero attached hydrogens (tertiary/aromatic N) is 2. The van der Waals surface area contributed by atoms with Crippen LogP contribution in [-0.4, -0.2) is 54.3 Å². The van der Waals surface area contributed by atoms with Crippen molar-refractivity contribution < 1.29 is 13.2 Å². The molecule has 5 nitrogen and oxygen atoms in total. The van der Waals surface area contributed by atoms with E-state index < -0.39 is 9.84 Å². The van der Waals surface area contributed by atoms with Crippen molar-refractivity contribution in [3.05, 3.63) is 71.8 Å². The maximum Gasteiger partial charge on any atom is 0.237 e. The zero-order valence-corrected chi connectivity index (χ0v) is 15.3. The zero-order chi connectivity index (χ0) is 18.1. The van der Waals surface area contributed by atoms with Crippen molar-refractivity contribution >= 4 is 15.7 Å². The minimum absolute atomic E-state index is 0.00290. The van der Waals surface area contributed by atoms with Crippen molar-refractivity contribution in [1.29, 1.82) is 0 Å². The maximum absolute atomic E-state index is 12.8. The summed E-state index contributed by atoms with van der Waals surface area (Å²) in [4.78, 5) is 16.6. The van der Waals surface area contributed by atoms with Gasteiger partial charge in [-0.2, -0.15) is 0 Å². The van der Waals surface area contributed by atoms with E-state index in [0.717, 1.165) is 11.1 Å². The van der Waals surface area contributed by atoms with Gasteiger partial charge >= 0.3 is 0 Å². The monoisotopic (exact) mass is 370 g/mol. The molecule has 2 fully saturated rings. The van der Waals surface area contributed by atoms with Crippen molar-refractivity contribution in [2.75, 3.05) is 18.1 Å². The van der Waals surface area contributed by atoms with Gasteiger partial charge < -0.3 is 4.90 Å². The molecule has 6 heteroatoms. The molecule has 0 aliphatic carbocycles. The van der Waals surface area contributed by atoms with Crippen molar-refractivity contribution in [3.63, 3.8) is 0 Å². The van der Waals surface area contributed by atoms with Gasteiger partial charge in [0.1, 0.15) is 0 Å². The number of sulfone groups is 1. The normalized spacial score (nSPS) is 25.2. The van der Waals surface area contributed by atoms with E-state index in [0.29, 0.717) is 13.1 Å². The Kier molecular flexibility index (Phi) is 4.54. The second kappa shape index (κ2) is 6.85. The second-order valence-corrected chi connectivity index (χ2v) is 9.26. The highest BCUT2D eigenvalue weighted by atomic mass is 32.2. The molecular weight excluding hydrogens is 348 g/mol. The van der Waals surface area contributed by atoms with E-state index in [1.54, 1.807) is 4.90 Å². The third-order valence-corrected chi connectivity index (χ3v) is 6.94. The minimum atomic E-state index is -3.14. The minimum Gasteiger partial charge on any atom is -0.332 e. The summed E-state index contributed by atoms with van der Waals surface area (Å²) in [5.41, 5.74) is 2.13. The first-order chi connectivity index (χ1) is 12.5.